The van der Waals surface area contributed by atoms with Crippen LogP contribution in [0.3, 0.4) is 0 Å². The van der Waals surface area contributed by atoms with E-state index >= 15 is 0 Å². The van der Waals surface area contributed by atoms with Crippen LogP contribution in [0.4, 0.5) is 8.78 Å². The number of ether oxygens (including phenoxy) is 2. The van der Waals surface area contributed by atoms with Gasteiger partial charge in [0, 0.05) is 43.8 Å². The zero-order valence-electron chi connectivity index (χ0n) is 24.8. The number of fused-ring (bicyclic) bond motifs is 1. The van der Waals surface area contributed by atoms with Crippen LogP contribution < -0.4 is 0 Å². The van der Waals surface area contributed by atoms with Crippen LogP contribution in [0.15, 0.2) is 48.9 Å². The number of likely N-dealkylation sites (N-methyl/N-ethyl adjacent to an activating group) is 1. The molecule has 1 N–H and O–H groups in total. The maximum Gasteiger partial charge on any atom is 0.222 e. The van der Waals surface area contributed by atoms with Crippen molar-refractivity contribution in [3.8, 4) is 11.4 Å². The monoisotopic (exact) mass is 591 g/mol. The van der Waals surface area contributed by atoms with Gasteiger partial charge >= 0.3 is 0 Å². The van der Waals surface area contributed by atoms with E-state index in [0.717, 1.165) is 43.0 Å². The van der Waals surface area contributed by atoms with Crippen molar-refractivity contribution in [1.29, 1.82) is 0 Å². The number of carbonyl (C=O) groups is 1. The molecule has 0 saturated heterocycles. The number of hydrogen-bond donors (Lipinski definition) is 1. The van der Waals surface area contributed by atoms with E-state index in [4.69, 9.17) is 9.47 Å². The van der Waals surface area contributed by atoms with Crippen LogP contribution in [0.1, 0.15) is 55.8 Å². The molecule has 0 aliphatic heterocycles. The molecule has 3 heterocycles. The molecule has 8 nitrogen and oxygen atoms in total. The molecule has 1 aliphatic carbocycles. The second-order valence-electron chi connectivity index (χ2n) is 11.4. The lowest BCUT2D eigenvalue weighted by molar-refractivity contribution is -0.132. The highest BCUT2D eigenvalue weighted by atomic mass is 19.1. The average molecular weight is 592 g/mol. The van der Waals surface area contributed by atoms with E-state index in [0.29, 0.717) is 73.9 Å². The first kappa shape index (κ1) is 30.7. The number of carbonyl (C=O) groups excluding carboxylic acids is 1. The number of benzene rings is 1. The van der Waals surface area contributed by atoms with Crippen molar-refractivity contribution in [2.24, 2.45) is 11.8 Å². The Morgan fingerprint density at radius 2 is 1.86 bits per heavy atom. The largest absolute Gasteiger partial charge is 0.377 e. The second-order valence-corrected chi connectivity index (χ2v) is 11.4. The predicted molar refractivity (Wildman–Crippen MR) is 160 cm³/mol. The second kappa shape index (κ2) is 14.6. The van der Waals surface area contributed by atoms with Crippen LogP contribution in [0.5, 0.6) is 0 Å². The number of aromatic nitrogens is 4. The van der Waals surface area contributed by atoms with Crippen LogP contribution in [-0.4, -0.2) is 57.5 Å². The minimum absolute atomic E-state index is 0.101. The molecule has 0 spiro atoms. The Labute approximate surface area is 250 Å². The van der Waals surface area contributed by atoms with Gasteiger partial charge in [0.05, 0.1) is 37.9 Å². The zero-order valence-corrected chi connectivity index (χ0v) is 24.8. The van der Waals surface area contributed by atoms with Crippen molar-refractivity contribution in [2.45, 2.75) is 58.7 Å². The molecule has 1 aromatic carbocycles. The number of rotatable bonds is 13. The van der Waals surface area contributed by atoms with Gasteiger partial charge in [-0.3, -0.25) is 4.79 Å². The Bertz CT molecular complexity index is 1530. The van der Waals surface area contributed by atoms with Gasteiger partial charge < -0.3 is 19.4 Å². The van der Waals surface area contributed by atoms with Crippen molar-refractivity contribution >= 4 is 16.9 Å². The normalized spacial score (nSPS) is 16.9. The van der Waals surface area contributed by atoms with E-state index in [2.05, 4.69) is 26.0 Å². The first-order chi connectivity index (χ1) is 20.9. The molecule has 0 unspecified atom stereocenters. The molecule has 1 saturated carbocycles. The number of halogens is 2. The molecular formula is C33H39F2N5O3. The molecule has 228 valence electrons. The smallest absolute Gasteiger partial charge is 0.222 e. The summed E-state index contributed by atoms with van der Waals surface area (Å²) in [4.78, 5) is 30.5. The van der Waals surface area contributed by atoms with E-state index in [1.807, 2.05) is 32.2 Å². The quantitative estimate of drug-likeness (QED) is 0.185. The highest BCUT2D eigenvalue weighted by Gasteiger charge is 2.27. The van der Waals surface area contributed by atoms with Crippen LogP contribution in [0, 0.1) is 23.5 Å². The van der Waals surface area contributed by atoms with Crippen molar-refractivity contribution < 1.29 is 23.0 Å². The van der Waals surface area contributed by atoms with Crippen LogP contribution in [0.2, 0.25) is 0 Å². The molecule has 10 heteroatoms. The lowest BCUT2D eigenvalue weighted by Crippen LogP contribution is -2.32. The Balaban J connectivity index is 1.10. The molecule has 0 bridgehead atoms. The summed E-state index contributed by atoms with van der Waals surface area (Å²) in [5.74, 6) is -0.0149. The summed E-state index contributed by atoms with van der Waals surface area (Å²) < 4.78 is 39.9. The minimum atomic E-state index is -0.462. The number of nitrogens with zero attached hydrogens (tertiary/aromatic N) is 4. The third-order valence-corrected chi connectivity index (χ3v) is 8.12. The van der Waals surface area contributed by atoms with Crippen molar-refractivity contribution in [3.05, 3.63) is 77.4 Å². The Hall–Kier alpha value is -3.76. The number of nitrogens with one attached hydrogen (secondary N) is 1. The molecule has 1 aliphatic rings. The topological polar surface area (TPSA) is 93.2 Å². The molecule has 5 rings (SSSR count). The third kappa shape index (κ3) is 8.20. The summed E-state index contributed by atoms with van der Waals surface area (Å²) in [6.07, 6.45) is 8.70. The molecule has 43 heavy (non-hydrogen) atoms. The average Bonchev–Trinajstić information content (AvgIpc) is 3.42. The summed E-state index contributed by atoms with van der Waals surface area (Å²) in [6.45, 7) is 4.71. The van der Waals surface area contributed by atoms with Crippen LogP contribution in [0.25, 0.3) is 22.4 Å². The van der Waals surface area contributed by atoms with Crippen LogP contribution >= 0.6 is 0 Å². The van der Waals surface area contributed by atoms with Crippen molar-refractivity contribution in [3.63, 3.8) is 0 Å². The van der Waals surface area contributed by atoms with Gasteiger partial charge in [-0.15, -0.1) is 0 Å². The van der Waals surface area contributed by atoms with Gasteiger partial charge in [-0.1, -0.05) is 37.1 Å². The Morgan fingerprint density at radius 3 is 2.67 bits per heavy atom. The van der Waals surface area contributed by atoms with Gasteiger partial charge in [-0.2, -0.15) is 0 Å². The summed E-state index contributed by atoms with van der Waals surface area (Å²) in [5, 5.41) is 0.551. The van der Waals surface area contributed by atoms with Gasteiger partial charge in [0.25, 0.3) is 0 Å². The highest BCUT2D eigenvalue weighted by molar-refractivity contribution is 5.91. The van der Waals surface area contributed by atoms with Gasteiger partial charge in [-0.05, 0) is 55.2 Å². The van der Waals surface area contributed by atoms with Gasteiger partial charge in [0.2, 0.25) is 5.91 Å². The fourth-order valence-electron chi connectivity index (χ4n) is 5.83. The number of pyridine rings is 1. The molecule has 0 radical (unpaired) electrons. The summed E-state index contributed by atoms with van der Waals surface area (Å²) in [7, 11) is 1.82. The Morgan fingerprint density at radius 1 is 1.07 bits per heavy atom. The van der Waals surface area contributed by atoms with E-state index in [-0.39, 0.29) is 17.7 Å². The lowest BCUT2D eigenvalue weighted by Gasteiger charge is -2.30. The molecular weight excluding hydrogens is 552 g/mol. The Kier molecular flexibility index (Phi) is 10.4. The summed E-state index contributed by atoms with van der Waals surface area (Å²) in [5.41, 5.74) is 3.65. The van der Waals surface area contributed by atoms with Crippen LogP contribution in [-0.2, 0) is 33.9 Å². The van der Waals surface area contributed by atoms with Crippen molar-refractivity contribution in [2.75, 3.05) is 26.8 Å². The van der Waals surface area contributed by atoms with E-state index in [1.165, 1.54) is 12.3 Å². The zero-order chi connectivity index (χ0) is 30.2. The fourth-order valence-corrected chi connectivity index (χ4v) is 5.83. The summed E-state index contributed by atoms with van der Waals surface area (Å²) in [6, 6.07) is 9.52. The van der Waals surface area contributed by atoms with E-state index in [9.17, 15) is 13.6 Å². The standard InChI is InChI=1S/C33H39F2N5O3/c1-3-42-20-24-8-5-9-25(13-24)21-43-11-10-40(2)31(41)15-23-7-4-6-22(12-23)14-30-29(35)19-38-33(39-30)28-18-37-32-27(28)16-26(34)17-36-32/h5,8-9,13,16-19,22-23H,3-4,6-7,10-12,14-15,20-21H2,1-2H3,(H,36,37)/t22-,23+/m0/s1. The minimum Gasteiger partial charge on any atom is -0.377 e. The molecule has 2 atom stereocenters. The van der Waals surface area contributed by atoms with Gasteiger partial charge in [-0.25, -0.2) is 23.7 Å². The summed E-state index contributed by atoms with van der Waals surface area (Å²) >= 11 is 0. The fraction of sp³-hybridized carbons (Fsp3) is 0.455. The lowest BCUT2D eigenvalue weighted by atomic mass is 9.77. The van der Waals surface area contributed by atoms with Crippen molar-refractivity contribution in [1.82, 2.24) is 24.8 Å². The first-order valence-electron chi connectivity index (χ1n) is 15.0. The van der Waals surface area contributed by atoms with Gasteiger partial charge in [0.1, 0.15) is 11.5 Å². The number of hydrogen-bond acceptors (Lipinski definition) is 6. The molecule has 1 fully saturated rings. The number of aromatic amines is 1. The molecule has 3 aromatic heterocycles. The number of amides is 1. The van der Waals surface area contributed by atoms with Gasteiger partial charge in [0.15, 0.2) is 11.6 Å². The third-order valence-electron chi connectivity index (χ3n) is 8.12. The predicted octanol–water partition coefficient (Wildman–Crippen LogP) is 6.25. The van der Waals surface area contributed by atoms with E-state index < -0.39 is 11.6 Å². The van der Waals surface area contributed by atoms with E-state index in [1.54, 1.807) is 11.1 Å². The number of H-pyrrole nitrogens is 1. The SMILES string of the molecule is CCOCc1cccc(COCCN(C)C(=O)C[C@@H]2CCC[C@H](Cc3nc(-c4c[nH]c5ncc(F)cc45)ncc3F)C2)c1. The maximum atomic E-state index is 14.8. The maximum absolute atomic E-state index is 14.8. The molecule has 1 amide bonds. The molecule has 4 aromatic rings. The highest BCUT2D eigenvalue weighted by Crippen LogP contribution is 2.34. The first-order valence-corrected chi connectivity index (χ1v) is 15.0.